The Balaban J connectivity index is 1.67. The molecule has 0 unspecified atom stereocenters. The topological polar surface area (TPSA) is 58.2 Å². The molecule has 0 saturated heterocycles. The van der Waals surface area contributed by atoms with E-state index >= 15 is 0 Å². The number of anilines is 2. The number of aryl methyl sites for hydroxylation is 1. The molecule has 2 amide bonds. The van der Waals surface area contributed by atoms with Crippen LogP contribution in [0.1, 0.15) is 28.8 Å². The summed E-state index contributed by atoms with van der Waals surface area (Å²) in [5, 5.41) is 6.27. The Morgan fingerprint density at radius 3 is 2.39 bits per heavy atom. The number of carbonyl (C=O) groups is 2. The third-order valence-electron chi connectivity index (χ3n) is 3.81. The third kappa shape index (κ3) is 3.90. The molecule has 3 rings (SSSR count). The van der Waals surface area contributed by atoms with Crippen LogP contribution in [-0.4, -0.2) is 11.8 Å². The second-order valence-electron chi connectivity index (χ2n) is 5.75. The summed E-state index contributed by atoms with van der Waals surface area (Å²) >= 11 is 5.95. The van der Waals surface area contributed by atoms with Gasteiger partial charge in [0.1, 0.15) is 0 Å². The van der Waals surface area contributed by atoms with Gasteiger partial charge in [-0.1, -0.05) is 17.7 Å². The van der Waals surface area contributed by atoms with Crippen LogP contribution >= 0.6 is 11.6 Å². The van der Waals surface area contributed by atoms with Crippen molar-refractivity contribution in [3.63, 3.8) is 0 Å². The van der Waals surface area contributed by atoms with Gasteiger partial charge in [0.2, 0.25) is 5.91 Å². The lowest BCUT2D eigenvalue weighted by Crippen LogP contribution is -2.14. The fraction of sp³-hybridized carbons (Fsp3) is 0.222. The minimum absolute atomic E-state index is 0.0525. The van der Waals surface area contributed by atoms with Gasteiger partial charge in [-0.05, 0) is 61.7 Å². The number of rotatable bonds is 4. The van der Waals surface area contributed by atoms with E-state index in [-0.39, 0.29) is 17.7 Å². The van der Waals surface area contributed by atoms with Crippen LogP contribution in [-0.2, 0) is 4.79 Å². The van der Waals surface area contributed by atoms with Gasteiger partial charge < -0.3 is 10.6 Å². The number of hydrogen-bond acceptors (Lipinski definition) is 2. The molecule has 4 nitrogen and oxygen atoms in total. The van der Waals surface area contributed by atoms with Crippen LogP contribution in [0.25, 0.3) is 0 Å². The number of benzene rings is 2. The number of halogens is 1. The van der Waals surface area contributed by atoms with Gasteiger partial charge in [-0.25, -0.2) is 0 Å². The standard InChI is InChI=1S/C18H17ClN2O2/c1-11-2-7-14(19)10-16(11)21-18(23)13-5-8-15(9-6-13)20-17(22)12-3-4-12/h2,5-10,12H,3-4H2,1H3,(H,20,22)(H,21,23). The highest BCUT2D eigenvalue weighted by Gasteiger charge is 2.29. The average molecular weight is 329 g/mol. The fourth-order valence-electron chi connectivity index (χ4n) is 2.22. The second kappa shape index (κ2) is 6.42. The Morgan fingerprint density at radius 2 is 1.74 bits per heavy atom. The van der Waals surface area contributed by atoms with Crippen molar-refractivity contribution in [1.82, 2.24) is 0 Å². The summed E-state index contributed by atoms with van der Waals surface area (Å²) in [6.45, 7) is 1.91. The van der Waals surface area contributed by atoms with Crippen LogP contribution in [0, 0.1) is 12.8 Å². The lowest BCUT2D eigenvalue weighted by atomic mass is 10.1. The summed E-state index contributed by atoms with van der Waals surface area (Å²) in [4.78, 5) is 24.0. The van der Waals surface area contributed by atoms with Crippen molar-refractivity contribution in [2.24, 2.45) is 5.92 Å². The number of carbonyl (C=O) groups excluding carboxylic acids is 2. The van der Waals surface area contributed by atoms with E-state index < -0.39 is 0 Å². The minimum atomic E-state index is -0.213. The maximum absolute atomic E-state index is 12.3. The predicted molar refractivity (Wildman–Crippen MR) is 91.9 cm³/mol. The zero-order chi connectivity index (χ0) is 16.4. The first-order valence-electron chi connectivity index (χ1n) is 7.51. The van der Waals surface area contributed by atoms with Crippen LogP contribution in [0.5, 0.6) is 0 Å². The Morgan fingerprint density at radius 1 is 1.04 bits per heavy atom. The van der Waals surface area contributed by atoms with Gasteiger partial charge in [-0.3, -0.25) is 9.59 Å². The van der Waals surface area contributed by atoms with Crippen molar-refractivity contribution >= 4 is 34.8 Å². The SMILES string of the molecule is Cc1ccc(Cl)cc1NC(=O)c1ccc(NC(=O)C2CC2)cc1. The van der Waals surface area contributed by atoms with Gasteiger partial charge in [0.15, 0.2) is 0 Å². The molecule has 0 spiro atoms. The molecule has 1 aliphatic carbocycles. The molecule has 0 radical (unpaired) electrons. The van der Waals surface area contributed by atoms with E-state index in [0.29, 0.717) is 22.0 Å². The predicted octanol–water partition coefficient (Wildman–Crippen LogP) is 4.25. The first-order valence-corrected chi connectivity index (χ1v) is 7.89. The lowest BCUT2D eigenvalue weighted by Gasteiger charge is -2.10. The van der Waals surface area contributed by atoms with E-state index in [1.807, 2.05) is 13.0 Å². The molecule has 2 aromatic rings. The molecule has 23 heavy (non-hydrogen) atoms. The van der Waals surface area contributed by atoms with Crippen molar-refractivity contribution in [1.29, 1.82) is 0 Å². The molecule has 1 fully saturated rings. The van der Waals surface area contributed by atoms with E-state index in [2.05, 4.69) is 10.6 Å². The highest BCUT2D eigenvalue weighted by atomic mass is 35.5. The maximum Gasteiger partial charge on any atom is 0.255 e. The Labute approximate surface area is 139 Å². The normalized spacial score (nSPS) is 13.5. The molecule has 2 N–H and O–H groups in total. The van der Waals surface area contributed by atoms with Crippen molar-refractivity contribution in [2.45, 2.75) is 19.8 Å². The van der Waals surface area contributed by atoms with Crippen molar-refractivity contribution in [3.05, 3.63) is 58.6 Å². The summed E-state index contributed by atoms with van der Waals surface area (Å²) < 4.78 is 0. The summed E-state index contributed by atoms with van der Waals surface area (Å²) in [6, 6.07) is 12.2. The molecule has 5 heteroatoms. The van der Waals surface area contributed by atoms with Crippen LogP contribution in [0.15, 0.2) is 42.5 Å². The van der Waals surface area contributed by atoms with E-state index in [1.165, 1.54) is 0 Å². The molecule has 0 atom stereocenters. The highest BCUT2D eigenvalue weighted by Crippen LogP contribution is 2.30. The summed E-state index contributed by atoms with van der Waals surface area (Å²) in [5.41, 5.74) is 2.86. The van der Waals surface area contributed by atoms with E-state index in [9.17, 15) is 9.59 Å². The van der Waals surface area contributed by atoms with Crippen LogP contribution in [0.4, 0.5) is 11.4 Å². The molecule has 1 saturated carbocycles. The van der Waals surface area contributed by atoms with Crippen molar-refractivity contribution < 1.29 is 9.59 Å². The van der Waals surface area contributed by atoms with E-state index in [0.717, 1.165) is 18.4 Å². The molecule has 0 bridgehead atoms. The van der Waals surface area contributed by atoms with Crippen molar-refractivity contribution in [3.8, 4) is 0 Å². The van der Waals surface area contributed by atoms with Gasteiger partial charge in [0, 0.05) is 27.9 Å². The molecular weight excluding hydrogens is 312 g/mol. The molecule has 0 aromatic heterocycles. The van der Waals surface area contributed by atoms with Crippen LogP contribution in [0.3, 0.4) is 0 Å². The number of hydrogen-bond donors (Lipinski definition) is 2. The molecule has 0 heterocycles. The van der Waals surface area contributed by atoms with Gasteiger partial charge in [-0.15, -0.1) is 0 Å². The summed E-state index contributed by atoms with van der Waals surface area (Å²) in [5.74, 6) is -0.00373. The van der Waals surface area contributed by atoms with E-state index in [4.69, 9.17) is 11.6 Å². The smallest absolute Gasteiger partial charge is 0.255 e. The van der Waals surface area contributed by atoms with Gasteiger partial charge in [0.25, 0.3) is 5.91 Å². The molecule has 118 valence electrons. The quantitative estimate of drug-likeness (QED) is 0.881. The Kier molecular flexibility index (Phi) is 4.35. The molecular formula is C18H17ClN2O2. The summed E-state index contributed by atoms with van der Waals surface area (Å²) in [7, 11) is 0. The first-order chi connectivity index (χ1) is 11.0. The zero-order valence-electron chi connectivity index (χ0n) is 12.7. The average Bonchev–Trinajstić information content (AvgIpc) is 3.36. The number of nitrogens with one attached hydrogen (secondary N) is 2. The molecule has 0 aliphatic heterocycles. The van der Waals surface area contributed by atoms with Gasteiger partial charge >= 0.3 is 0 Å². The maximum atomic E-state index is 12.3. The minimum Gasteiger partial charge on any atom is -0.326 e. The third-order valence-corrected chi connectivity index (χ3v) is 4.05. The number of amides is 2. The Bertz CT molecular complexity index is 752. The monoisotopic (exact) mass is 328 g/mol. The Hall–Kier alpha value is -2.33. The zero-order valence-corrected chi connectivity index (χ0v) is 13.5. The fourth-order valence-corrected chi connectivity index (χ4v) is 2.39. The molecule has 2 aromatic carbocycles. The largest absolute Gasteiger partial charge is 0.326 e. The van der Waals surface area contributed by atoms with Crippen molar-refractivity contribution in [2.75, 3.05) is 10.6 Å². The summed E-state index contributed by atoms with van der Waals surface area (Å²) in [6.07, 6.45) is 1.93. The van der Waals surface area contributed by atoms with Gasteiger partial charge in [-0.2, -0.15) is 0 Å². The van der Waals surface area contributed by atoms with E-state index in [1.54, 1.807) is 36.4 Å². The molecule has 1 aliphatic rings. The second-order valence-corrected chi connectivity index (χ2v) is 6.19. The first kappa shape index (κ1) is 15.6. The van der Waals surface area contributed by atoms with Crippen LogP contribution in [0.2, 0.25) is 5.02 Å². The van der Waals surface area contributed by atoms with Gasteiger partial charge in [0.05, 0.1) is 0 Å². The van der Waals surface area contributed by atoms with Crippen LogP contribution < -0.4 is 10.6 Å². The lowest BCUT2D eigenvalue weighted by molar-refractivity contribution is -0.117. The highest BCUT2D eigenvalue weighted by molar-refractivity contribution is 6.31.